The maximum atomic E-state index is 12.5. The molecule has 4 rings (SSSR count). The Labute approximate surface area is 160 Å². The number of nitrogens with zero attached hydrogens (tertiary/aromatic N) is 1. The number of ether oxygens (including phenoxy) is 1. The molecule has 3 aromatic carbocycles. The molecule has 1 aliphatic carbocycles. The van der Waals surface area contributed by atoms with E-state index in [4.69, 9.17) is 4.74 Å². The lowest BCUT2D eigenvalue weighted by atomic mass is 10.0. The van der Waals surface area contributed by atoms with Gasteiger partial charge in [0.25, 0.3) is 5.69 Å². The zero-order chi connectivity index (χ0) is 19.7. The molecule has 6 nitrogen and oxygen atoms in total. The molecule has 0 fully saturated rings. The summed E-state index contributed by atoms with van der Waals surface area (Å²) in [5.41, 5.74) is 4.79. The molecule has 0 spiro atoms. The Bertz CT molecular complexity index is 1120. The smallest absolute Gasteiger partial charge is 0.338 e. The summed E-state index contributed by atoms with van der Waals surface area (Å²) in [5.74, 6) is -1.10. The SMILES string of the molecule is O=C(COC(=O)c1cccc([N+](=O)[O-])c1)c1ccc2c(c1)-c1ccccc1C2. The van der Waals surface area contributed by atoms with Gasteiger partial charge in [0.15, 0.2) is 12.4 Å². The van der Waals surface area contributed by atoms with Gasteiger partial charge in [-0.15, -0.1) is 0 Å². The van der Waals surface area contributed by atoms with Gasteiger partial charge < -0.3 is 4.74 Å². The molecule has 0 amide bonds. The third-order valence-corrected chi connectivity index (χ3v) is 4.75. The van der Waals surface area contributed by atoms with Crippen molar-refractivity contribution in [2.24, 2.45) is 0 Å². The summed E-state index contributed by atoms with van der Waals surface area (Å²) in [4.78, 5) is 34.8. The molecule has 0 N–H and O–H groups in total. The molecular weight excluding hydrogens is 358 g/mol. The van der Waals surface area contributed by atoms with Crippen LogP contribution in [0.2, 0.25) is 0 Å². The highest BCUT2D eigenvalue weighted by molar-refractivity contribution is 6.00. The number of fused-ring (bicyclic) bond motifs is 3. The number of hydrogen-bond acceptors (Lipinski definition) is 5. The fraction of sp³-hybridized carbons (Fsp3) is 0.0909. The standard InChI is InChI=1S/C22H15NO5/c24-21(13-28-22(25)17-5-3-6-18(11-17)23(26)27)16-9-8-15-10-14-4-1-2-7-19(14)20(15)12-16/h1-9,11-12H,10,13H2. The summed E-state index contributed by atoms with van der Waals surface area (Å²) in [7, 11) is 0. The predicted octanol–water partition coefficient (Wildman–Crippen LogP) is 4.21. The summed E-state index contributed by atoms with van der Waals surface area (Å²) in [6.45, 7) is -0.429. The average molecular weight is 373 g/mol. The van der Waals surface area contributed by atoms with Crippen molar-refractivity contribution in [1.29, 1.82) is 0 Å². The number of ketones is 1. The molecule has 28 heavy (non-hydrogen) atoms. The summed E-state index contributed by atoms with van der Waals surface area (Å²) in [6, 6.07) is 18.7. The molecule has 6 heteroatoms. The molecule has 0 atom stereocenters. The van der Waals surface area contributed by atoms with Crippen LogP contribution in [0.1, 0.15) is 31.8 Å². The molecule has 1 aliphatic rings. The normalized spacial score (nSPS) is 11.4. The lowest BCUT2D eigenvalue weighted by molar-refractivity contribution is -0.384. The number of Topliss-reactive ketones (excluding diaryl/α,β-unsaturated/α-hetero) is 1. The molecule has 0 heterocycles. The van der Waals surface area contributed by atoms with E-state index >= 15 is 0 Å². The molecule has 0 aliphatic heterocycles. The van der Waals surface area contributed by atoms with E-state index in [0.29, 0.717) is 5.56 Å². The van der Waals surface area contributed by atoms with Crippen LogP contribution in [0, 0.1) is 10.1 Å². The van der Waals surface area contributed by atoms with E-state index in [1.54, 1.807) is 6.07 Å². The molecule has 0 aromatic heterocycles. The first-order valence-corrected chi connectivity index (χ1v) is 8.69. The Morgan fingerprint density at radius 3 is 2.50 bits per heavy atom. The van der Waals surface area contributed by atoms with Gasteiger partial charge in [0, 0.05) is 17.7 Å². The second-order valence-corrected chi connectivity index (χ2v) is 6.51. The van der Waals surface area contributed by atoms with E-state index in [-0.39, 0.29) is 17.0 Å². The Morgan fingerprint density at radius 2 is 1.68 bits per heavy atom. The van der Waals surface area contributed by atoms with Gasteiger partial charge in [0.1, 0.15) is 0 Å². The zero-order valence-electron chi connectivity index (χ0n) is 14.8. The Kier molecular flexibility index (Phi) is 4.45. The average Bonchev–Trinajstić information content (AvgIpc) is 3.09. The van der Waals surface area contributed by atoms with Gasteiger partial charge in [-0.05, 0) is 40.8 Å². The van der Waals surface area contributed by atoms with Crippen molar-refractivity contribution in [2.75, 3.05) is 6.61 Å². The Balaban J connectivity index is 1.48. The van der Waals surface area contributed by atoms with Gasteiger partial charge in [-0.1, -0.05) is 42.5 Å². The molecule has 3 aromatic rings. The molecule has 0 radical (unpaired) electrons. The summed E-state index contributed by atoms with van der Waals surface area (Å²) in [6.07, 6.45) is 0.835. The number of carbonyl (C=O) groups is 2. The van der Waals surface area contributed by atoms with Crippen LogP contribution >= 0.6 is 0 Å². The largest absolute Gasteiger partial charge is 0.454 e. The summed E-state index contributed by atoms with van der Waals surface area (Å²) < 4.78 is 5.06. The Hall–Kier alpha value is -3.80. The fourth-order valence-electron chi connectivity index (χ4n) is 3.34. The minimum atomic E-state index is -0.774. The first-order valence-electron chi connectivity index (χ1n) is 8.69. The van der Waals surface area contributed by atoms with E-state index in [9.17, 15) is 19.7 Å². The van der Waals surface area contributed by atoms with Crippen LogP contribution in [0.15, 0.2) is 66.7 Å². The second-order valence-electron chi connectivity index (χ2n) is 6.51. The maximum absolute atomic E-state index is 12.5. The van der Waals surface area contributed by atoms with E-state index in [1.807, 2.05) is 30.3 Å². The second kappa shape index (κ2) is 7.08. The molecule has 138 valence electrons. The van der Waals surface area contributed by atoms with Gasteiger partial charge in [-0.25, -0.2) is 4.79 Å². The molecular formula is C22H15NO5. The minimum Gasteiger partial charge on any atom is -0.454 e. The summed E-state index contributed by atoms with van der Waals surface area (Å²) >= 11 is 0. The first-order chi connectivity index (χ1) is 13.5. The first kappa shape index (κ1) is 17.6. The minimum absolute atomic E-state index is 0.0323. The molecule has 0 unspecified atom stereocenters. The number of hydrogen-bond donors (Lipinski definition) is 0. The van der Waals surface area contributed by atoms with E-state index < -0.39 is 17.5 Å². The summed E-state index contributed by atoms with van der Waals surface area (Å²) in [5, 5.41) is 10.8. The van der Waals surface area contributed by atoms with Crippen molar-refractivity contribution in [3.63, 3.8) is 0 Å². The van der Waals surface area contributed by atoms with Crippen molar-refractivity contribution in [1.82, 2.24) is 0 Å². The number of carbonyl (C=O) groups excluding carboxylic acids is 2. The van der Waals surface area contributed by atoms with E-state index in [1.165, 1.54) is 23.8 Å². The van der Waals surface area contributed by atoms with Crippen LogP contribution < -0.4 is 0 Å². The van der Waals surface area contributed by atoms with Gasteiger partial charge in [0.2, 0.25) is 0 Å². The maximum Gasteiger partial charge on any atom is 0.338 e. The highest BCUT2D eigenvalue weighted by atomic mass is 16.6. The van der Waals surface area contributed by atoms with Crippen molar-refractivity contribution >= 4 is 17.4 Å². The van der Waals surface area contributed by atoms with Crippen LogP contribution in [0.5, 0.6) is 0 Å². The Morgan fingerprint density at radius 1 is 0.893 bits per heavy atom. The van der Waals surface area contributed by atoms with E-state index in [0.717, 1.165) is 29.2 Å². The van der Waals surface area contributed by atoms with Crippen LogP contribution in [-0.2, 0) is 11.2 Å². The highest BCUT2D eigenvalue weighted by Crippen LogP contribution is 2.36. The molecule has 0 saturated heterocycles. The van der Waals surface area contributed by atoms with Gasteiger partial charge in [-0.3, -0.25) is 14.9 Å². The van der Waals surface area contributed by atoms with Crippen molar-refractivity contribution < 1.29 is 19.2 Å². The number of nitro benzene ring substituents is 1. The quantitative estimate of drug-likeness (QED) is 0.226. The number of non-ortho nitro benzene ring substituents is 1. The van der Waals surface area contributed by atoms with Crippen molar-refractivity contribution in [2.45, 2.75) is 6.42 Å². The lowest BCUT2D eigenvalue weighted by Crippen LogP contribution is -2.14. The highest BCUT2D eigenvalue weighted by Gasteiger charge is 2.20. The number of nitro groups is 1. The monoisotopic (exact) mass is 373 g/mol. The van der Waals surface area contributed by atoms with Crippen LogP contribution in [0.25, 0.3) is 11.1 Å². The zero-order valence-corrected chi connectivity index (χ0v) is 14.8. The molecule has 0 bridgehead atoms. The van der Waals surface area contributed by atoms with Gasteiger partial charge >= 0.3 is 5.97 Å². The van der Waals surface area contributed by atoms with Crippen molar-refractivity contribution in [3.8, 4) is 11.1 Å². The van der Waals surface area contributed by atoms with Crippen LogP contribution in [0.3, 0.4) is 0 Å². The number of benzene rings is 3. The third-order valence-electron chi connectivity index (χ3n) is 4.75. The van der Waals surface area contributed by atoms with Gasteiger partial charge in [0.05, 0.1) is 10.5 Å². The van der Waals surface area contributed by atoms with Crippen LogP contribution in [0.4, 0.5) is 5.69 Å². The number of rotatable bonds is 5. The van der Waals surface area contributed by atoms with Gasteiger partial charge in [-0.2, -0.15) is 0 Å². The number of esters is 1. The molecule has 0 saturated carbocycles. The van der Waals surface area contributed by atoms with Crippen LogP contribution in [-0.4, -0.2) is 23.3 Å². The fourth-order valence-corrected chi connectivity index (χ4v) is 3.34. The lowest BCUT2D eigenvalue weighted by Gasteiger charge is -2.07. The predicted molar refractivity (Wildman–Crippen MR) is 102 cm³/mol. The third kappa shape index (κ3) is 3.27. The van der Waals surface area contributed by atoms with Crippen molar-refractivity contribution in [3.05, 3.63) is 99.1 Å². The topological polar surface area (TPSA) is 86.5 Å². The van der Waals surface area contributed by atoms with E-state index in [2.05, 4.69) is 6.07 Å².